The second kappa shape index (κ2) is 8.27. The summed E-state index contributed by atoms with van der Waals surface area (Å²) in [6, 6.07) is 13.7. The normalized spacial score (nSPS) is 22.1. The van der Waals surface area contributed by atoms with E-state index in [2.05, 4.69) is 0 Å². The summed E-state index contributed by atoms with van der Waals surface area (Å²) < 4.78 is 44.4. The molecule has 9 heteroatoms. The number of rotatable bonds is 4. The Morgan fingerprint density at radius 1 is 1.03 bits per heavy atom. The van der Waals surface area contributed by atoms with Crippen molar-refractivity contribution in [2.24, 2.45) is 5.41 Å². The Bertz CT molecular complexity index is 1210. The fraction of sp³-hybridized carbons (Fsp3) is 0.320. The number of alkyl halides is 3. The first-order valence-electron chi connectivity index (χ1n) is 10.6. The molecule has 2 aromatic carbocycles. The third-order valence-electron chi connectivity index (χ3n) is 6.17. The lowest BCUT2D eigenvalue weighted by molar-refractivity contribution is -0.190. The minimum atomic E-state index is -5.26. The van der Waals surface area contributed by atoms with Gasteiger partial charge in [-0.3, -0.25) is 14.4 Å². The summed E-state index contributed by atoms with van der Waals surface area (Å²) >= 11 is 6.22. The fourth-order valence-electron chi connectivity index (χ4n) is 4.62. The smallest absolute Gasteiger partial charge is 0.326 e. The van der Waals surface area contributed by atoms with Crippen LogP contribution in [0.5, 0.6) is 0 Å². The molecule has 0 aromatic heterocycles. The van der Waals surface area contributed by atoms with Crippen molar-refractivity contribution in [3.05, 3.63) is 82.0 Å². The highest BCUT2D eigenvalue weighted by molar-refractivity contribution is 6.31. The van der Waals surface area contributed by atoms with Crippen molar-refractivity contribution in [1.82, 2.24) is 10.2 Å². The van der Waals surface area contributed by atoms with Gasteiger partial charge in [0.25, 0.3) is 11.8 Å². The number of carbonyl (C=O) groups is 3. The van der Waals surface area contributed by atoms with E-state index in [1.807, 2.05) is 5.32 Å². The van der Waals surface area contributed by atoms with E-state index in [9.17, 15) is 27.6 Å². The van der Waals surface area contributed by atoms with Crippen LogP contribution in [0.15, 0.2) is 65.9 Å². The zero-order chi connectivity index (χ0) is 24.9. The van der Waals surface area contributed by atoms with Crippen molar-refractivity contribution in [1.29, 1.82) is 0 Å². The number of nitrogens with one attached hydrogen (secondary N) is 1. The van der Waals surface area contributed by atoms with E-state index in [1.54, 1.807) is 44.2 Å². The minimum Gasteiger partial charge on any atom is -0.326 e. The zero-order valence-electron chi connectivity index (χ0n) is 18.5. The fourth-order valence-corrected chi connectivity index (χ4v) is 4.82. The number of allylic oxidation sites excluding steroid dienone is 1. The molecule has 4 rings (SSSR count). The highest BCUT2D eigenvalue weighted by Gasteiger charge is 2.71. The van der Waals surface area contributed by atoms with Gasteiger partial charge in [-0.2, -0.15) is 13.2 Å². The Labute approximate surface area is 199 Å². The Balaban J connectivity index is 1.89. The molecule has 1 heterocycles. The van der Waals surface area contributed by atoms with E-state index in [-0.39, 0.29) is 35.7 Å². The number of hydrogen-bond donors (Lipinski definition) is 1. The lowest BCUT2D eigenvalue weighted by Gasteiger charge is -2.35. The average molecular weight is 491 g/mol. The van der Waals surface area contributed by atoms with Crippen LogP contribution in [0.4, 0.5) is 13.2 Å². The van der Waals surface area contributed by atoms with Crippen LogP contribution < -0.4 is 5.32 Å². The van der Waals surface area contributed by atoms with Crippen molar-refractivity contribution in [2.45, 2.75) is 44.9 Å². The van der Waals surface area contributed by atoms with Crippen LogP contribution in [-0.2, 0) is 16.1 Å². The van der Waals surface area contributed by atoms with E-state index in [0.29, 0.717) is 5.56 Å². The maximum atomic E-state index is 14.8. The van der Waals surface area contributed by atoms with Crippen molar-refractivity contribution >= 4 is 29.2 Å². The Morgan fingerprint density at radius 3 is 2.26 bits per heavy atom. The Morgan fingerprint density at radius 2 is 1.65 bits per heavy atom. The molecular weight excluding hydrogens is 469 g/mol. The van der Waals surface area contributed by atoms with Crippen LogP contribution >= 0.6 is 11.6 Å². The molecular formula is C25H22ClF3N2O3. The molecule has 1 aliphatic heterocycles. The molecule has 1 aliphatic carbocycles. The third kappa shape index (κ3) is 3.90. The topological polar surface area (TPSA) is 66.5 Å². The predicted octanol–water partition coefficient (Wildman–Crippen LogP) is 5.06. The summed E-state index contributed by atoms with van der Waals surface area (Å²) in [4.78, 5) is 40.6. The van der Waals surface area contributed by atoms with Crippen molar-refractivity contribution in [2.75, 3.05) is 0 Å². The van der Waals surface area contributed by atoms with E-state index >= 15 is 0 Å². The van der Waals surface area contributed by atoms with Gasteiger partial charge in [-0.15, -0.1) is 0 Å². The van der Waals surface area contributed by atoms with Crippen molar-refractivity contribution in [3.63, 3.8) is 0 Å². The van der Waals surface area contributed by atoms with Gasteiger partial charge in [-0.1, -0.05) is 61.8 Å². The van der Waals surface area contributed by atoms with Crippen LogP contribution in [0.25, 0.3) is 0 Å². The molecule has 0 unspecified atom stereocenters. The molecule has 0 bridgehead atoms. The molecule has 2 aromatic rings. The van der Waals surface area contributed by atoms with Crippen LogP contribution in [0.2, 0.25) is 5.02 Å². The number of benzene rings is 2. The molecule has 34 heavy (non-hydrogen) atoms. The quantitative estimate of drug-likeness (QED) is 0.651. The van der Waals surface area contributed by atoms with Gasteiger partial charge in [0.1, 0.15) is 0 Å². The average Bonchev–Trinajstić information content (AvgIpc) is 2.98. The monoisotopic (exact) mass is 490 g/mol. The maximum absolute atomic E-state index is 14.8. The second-order valence-corrected chi connectivity index (χ2v) is 9.72. The largest absolute Gasteiger partial charge is 0.425 e. The Hall–Kier alpha value is -3.13. The van der Waals surface area contributed by atoms with Gasteiger partial charge in [-0.05, 0) is 35.6 Å². The van der Waals surface area contributed by atoms with E-state index in [0.717, 1.165) is 4.90 Å². The van der Waals surface area contributed by atoms with Crippen LogP contribution in [-0.4, -0.2) is 34.2 Å². The molecule has 0 saturated heterocycles. The standard InChI is InChI=1S/C25H22ClF3N2O3/c1-23(2)12-18-20(19(32)13-23)24(25(27,28)29,30-21(33)15-8-4-3-5-9-15)22(34)31(18)14-16-10-6-7-11-17(16)26/h3-11H,12-14H2,1-2H3,(H,30,33)/t24-/m1/s1. The number of nitrogens with zero attached hydrogens (tertiary/aromatic N) is 1. The van der Waals surface area contributed by atoms with Gasteiger partial charge < -0.3 is 10.2 Å². The molecule has 0 fully saturated rings. The first kappa shape index (κ1) is 24.0. The highest BCUT2D eigenvalue weighted by atomic mass is 35.5. The number of Topliss-reactive ketones (excluding diaryl/α,β-unsaturated/α-hetero) is 1. The lowest BCUT2D eigenvalue weighted by Crippen LogP contribution is -2.66. The number of hydrogen-bond acceptors (Lipinski definition) is 3. The first-order valence-corrected chi connectivity index (χ1v) is 11.0. The molecule has 2 amide bonds. The molecule has 5 nitrogen and oxygen atoms in total. The summed E-state index contributed by atoms with van der Waals surface area (Å²) in [6.45, 7) is 3.24. The molecule has 178 valence electrons. The summed E-state index contributed by atoms with van der Waals surface area (Å²) in [5.41, 5.74) is -4.52. The van der Waals surface area contributed by atoms with Gasteiger partial charge in [0.05, 0.1) is 12.1 Å². The molecule has 1 N–H and O–H groups in total. The Kier molecular flexibility index (Phi) is 5.84. The highest BCUT2D eigenvalue weighted by Crippen LogP contribution is 2.52. The number of halogens is 4. The van der Waals surface area contributed by atoms with E-state index < -0.39 is 40.3 Å². The summed E-state index contributed by atoms with van der Waals surface area (Å²) in [5.74, 6) is -3.33. The van der Waals surface area contributed by atoms with Crippen LogP contribution in [0.3, 0.4) is 0 Å². The summed E-state index contributed by atoms with van der Waals surface area (Å²) in [6.07, 6.45) is -5.39. The van der Waals surface area contributed by atoms with Crippen LogP contribution in [0, 0.1) is 5.41 Å². The maximum Gasteiger partial charge on any atom is 0.425 e. The molecule has 0 radical (unpaired) electrons. The molecule has 2 aliphatic rings. The van der Waals surface area contributed by atoms with Gasteiger partial charge in [0, 0.05) is 22.7 Å². The summed E-state index contributed by atoms with van der Waals surface area (Å²) in [5, 5.41) is 2.19. The number of ketones is 1. The van der Waals surface area contributed by atoms with E-state index in [4.69, 9.17) is 11.6 Å². The molecule has 0 saturated carbocycles. The van der Waals surface area contributed by atoms with Gasteiger partial charge in [-0.25, -0.2) is 0 Å². The van der Waals surface area contributed by atoms with Gasteiger partial charge >= 0.3 is 6.18 Å². The third-order valence-corrected chi connectivity index (χ3v) is 6.54. The second-order valence-electron chi connectivity index (χ2n) is 9.31. The lowest BCUT2D eigenvalue weighted by atomic mass is 9.72. The van der Waals surface area contributed by atoms with Crippen molar-refractivity contribution in [3.8, 4) is 0 Å². The van der Waals surface area contributed by atoms with Gasteiger partial charge in [0.2, 0.25) is 5.54 Å². The summed E-state index contributed by atoms with van der Waals surface area (Å²) in [7, 11) is 0. The SMILES string of the molecule is CC1(C)CC(=O)C2=C(C1)N(Cc1ccccc1Cl)C(=O)[C@@]2(NC(=O)c1ccccc1)C(F)(F)F. The molecule has 1 atom stereocenters. The van der Waals surface area contributed by atoms with Crippen molar-refractivity contribution < 1.29 is 27.6 Å². The van der Waals surface area contributed by atoms with Crippen LogP contribution in [0.1, 0.15) is 42.6 Å². The number of carbonyl (C=O) groups excluding carboxylic acids is 3. The zero-order valence-corrected chi connectivity index (χ0v) is 19.3. The number of amides is 2. The predicted molar refractivity (Wildman–Crippen MR) is 120 cm³/mol. The first-order chi connectivity index (χ1) is 15.9. The van der Waals surface area contributed by atoms with Gasteiger partial charge in [0.15, 0.2) is 5.78 Å². The minimum absolute atomic E-state index is 0.0307. The van der Waals surface area contributed by atoms with E-state index in [1.165, 1.54) is 24.3 Å². The molecule has 0 spiro atoms.